The second-order valence-corrected chi connectivity index (χ2v) is 6.11. The molecular formula is C20H16N2O2. The van der Waals surface area contributed by atoms with Crippen LogP contribution in [0.5, 0.6) is 0 Å². The summed E-state index contributed by atoms with van der Waals surface area (Å²) in [5, 5.41) is 10.3. The number of aromatic carboxylic acids is 1. The molecule has 2 aromatic heterocycles. The molecule has 1 N–H and O–H groups in total. The predicted molar refractivity (Wildman–Crippen MR) is 94.1 cm³/mol. The molecule has 3 aromatic rings. The van der Waals surface area contributed by atoms with Crippen LogP contribution < -0.4 is 0 Å². The molecule has 4 nitrogen and oxygen atoms in total. The van der Waals surface area contributed by atoms with Crippen molar-refractivity contribution in [3.63, 3.8) is 0 Å². The highest BCUT2D eigenvalue weighted by molar-refractivity contribution is 5.93. The van der Waals surface area contributed by atoms with E-state index in [2.05, 4.69) is 36.2 Å². The van der Waals surface area contributed by atoms with Crippen LogP contribution in [0.2, 0.25) is 0 Å². The van der Waals surface area contributed by atoms with Gasteiger partial charge in [-0.15, -0.1) is 0 Å². The van der Waals surface area contributed by atoms with Gasteiger partial charge < -0.3 is 5.11 Å². The maximum absolute atomic E-state index is 11.1. The summed E-state index contributed by atoms with van der Waals surface area (Å²) in [4.78, 5) is 20.2. The monoisotopic (exact) mass is 316 g/mol. The first-order chi connectivity index (χ1) is 11.5. The Hall–Kier alpha value is -3.01. The molecule has 118 valence electrons. The molecule has 4 rings (SSSR count). The summed E-state index contributed by atoms with van der Waals surface area (Å²) in [5.41, 5.74) is 7.05. The molecule has 1 aromatic carbocycles. The molecule has 4 heteroatoms. The minimum atomic E-state index is -1.02. The number of hydrogen-bond donors (Lipinski definition) is 1. The van der Waals surface area contributed by atoms with Crippen molar-refractivity contribution in [2.24, 2.45) is 0 Å². The van der Waals surface area contributed by atoms with Gasteiger partial charge in [0.15, 0.2) is 0 Å². The molecule has 0 spiro atoms. The molecule has 0 saturated carbocycles. The zero-order valence-corrected chi connectivity index (χ0v) is 13.5. The van der Waals surface area contributed by atoms with Gasteiger partial charge in [-0.1, -0.05) is 23.8 Å². The largest absolute Gasteiger partial charge is 0.477 e. The first kappa shape index (κ1) is 14.6. The Kier molecular flexibility index (Phi) is 3.20. The van der Waals surface area contributed by atoms with Gasteiger partial charge in [-0.3, -0.25) is 0 Å². The van der Waals surface area contributed by atoms with Gasteiger partial charge in [-0.2, -0.15) is 0 Å². The van der Waals surface area contributed by atoms with Crippen LogP contribution in [0.1, 0.15) is 32.9 Å². The van der Waals surface area contributed by atoms with Crippen molar-refractivity contribution in [2.75, 3.05) is 0 Å². The smallest absolute Gasteiger partial charge is 0.354 e. The molecule has 0 unspecified atom stereocenters. The summed E-state index contributed by atoms with van der Waals surface area (Å²) in [6.07, 6.45) is 5.14. The molecule has 0 aliphatic heterocycles. The van der Waals surface area contributed by atoms with E-state index in [-0.39, 0.29) is 5.69 Å². The molecule has 0 radical (unpaired) electrons. The first-order valence-corrected chi connectivity index (χ1v) is 7.85. The third kappa shape index (κ3) is 2.19. The minimum Gasteiger partial charge on any atom is -0.477 e. The van der Waals surface area contributed by atoms with Crippen molar-refractivity contribution in [2.45, 2.75) is 20.3 Å². The van der Waals surface area contributed by atoms with Crippen molar-refractivity contribution in [3.05, 3.63) is 64.5 Å². The number of rotatable bonds is 2. The highest BCUT2D eigenvalue weighted by atomic mass is 16.4. The van der Waals surface area contributed by atoms with Crippen molar-refractivity contribution in [3.8, 4) is 11.3 Å². The molecule has 0 fully saturated rings. The summed E-state index contributed by atoms with van der Waals surface area (Å²) in [5.74, 6) is -1.02. The van der Waals surface area contributed by atoms with Crippen LogP contribution in [0.3, 0.4) is 0 Å². The van der Waals surface area contributed by atoms with Gasteiger partial charge in [0.1, 0.15) is 5.69 Å². The SMILES string of the molecule is Cc1ccc2nc(-c3ccc(C(=O)O)nc3C)c3c(c2c1)CC=C3. The quantitative estimate of drug-likeness (QED) is 0.770. The van der Waals surface area contributed by atoms with Crippen LogP contribution in [0.4, 0.5) is 0 Å². The zero-order chi connectivity index (χ0) is 16.8. The molecule has 1 aliphatic carbocycles. The van der Waals surface area contributed by atoms with E-state index in [4.69, 9.17) is 10.1 Å². The molecule has 0 atom stereocenters. The van der Waals surface area contributed by atoms with E-state index >= 15 is 0 Å². The van der Waals surface area contributed by atoms with E-state index in [1.165, 1.54) is 22.6 Å². The fourth-order valence-corrected chi connectivity index (χ4v) is 3.29. The van der Waals surface area contributed by atoms with Gasteiger partial charge in [-0.25, -0.2) is 14.8 Å². The Morgan fingerprint density at radius 1 is 1.12 bits per heavy atom. The van der Waals surface area contributed by atoms with Crippen LogP contribution in [0, 0.1) is 13.8 Å². The van der Waals surface area contributed by atoms with E-state index in [0.29, 0.717) is 5.69 Å². The number of pyridine rings is 2. The number of carbonyl (C=O) groups is 1. The van der Waals surface area contributed by atoms with Gasteiger partial charge in [0.25, 0.3) is 0 Å². The van der Waals surface area contributed by atoms with Gasteiger partial charge >= 0.3 is 5.97 Å². The van der Waals surface area contributed by atoms with E-state index < -0.39 is 5.97 Å². The van der Waals surface area contributed by atoms with E-state index in [9.17, 15) is 4.79 Å². The van der Waals surface area contributed by atoms with Crippen molar-refractivity contribution < 1.29 is 9.90 Å². The molecule has 0 bridgehead atoms. The van der Waals surface area contributed by atoms with Gasteiger partial charge in [-0.05, 0) is 50.1 Å². The second-order valence-electron chi connectivity index (χ2n) is 6.11. The van der Waals surface area contributed by atoms with Crippen molar-refractivity contribution in [1.82, 2.24) is 9.97 Å². The van der Waals surface area contributed by atoms with Gasteiger partial charge in [0.05, 0.1) is 11.2 Å². The third-order valence-corrected chi connectivity index (χ3v) is 4.46. The number of carboxylic acids is 1. The van der Waals surface area contributed by atoms with E-state index in [1.807, 2.05) is 13.0 Å². The number of aryl methyl sites for hydroxylation is 2. The van der Waals surface area contributed by atoms with Crippen LogP contribution in [0.25, 0.3) is 28.2 Å². The average molecular weight is 316 g/mol. The zero-order valence-electron chi connectivity index (χ0n) is 13.5. The fraction of sp³-hybridized carbons (Fsp3) is 0.150. The van der Waals surface area contributed by atoms with E-state index in [1.54, 1.807) is 6.07 Å². The third-order valence-electron chi connectivity index (χ3n) is 4.46. The Balaban J connectivity index is 1.99. The summed E-state index contributed by atoms with van der Waals surface area (Å²) < 4.78 is 0. The summed E-state index contributed by atoms with van der Waals surface area (Å²) in [6.45, 7) is 3.91. The number of carboxylic acid groups (broad SMARTS) is 1. The number of benzene rings is 1. The number of aromatic nitrogens is 2. The predicted octanol–water partition coefficient (Wildman–Crippen LogP) is 4.18. The maximum atomic E-state index is 11.1. The number of nitrogens with zero attached hydrogens (tertiary/aromatic N) is 2. The van der Waals surface area contributed by atoms with Crippen LogP contribution >= 0.6 is 0 Å². The highest BCUT2D eigenvalue weighted by Gasteiger charge is 2.19. The summed E-state index contributed by atoms with van der Waals surface area (Å²) in [7, 11) is 0. The first-order valence-electron chi connectivity index (χ1n) is 7.85. The fourth-order valence-electron chi connectivity index (χ4n) is 3.29. The van der Waals surface area contributed by atoms with E-state index in [0.717, 1.165) is 28.8 Å². The molecule has 0 saturated heterocycles. The van der Waals surface area contributed by atoms with Crippen LogP contribution in [-0.2, 0) is 6.42 Å². The lowest BCUT2D eigenvalue weighted by Crippen LogP contribution is -2.03. The standard InChI is InChI=1S/C20H16N2O2/c1-11-6-8-17-16(10-11)14-4-3-5-15(14)19(22-17)13-7-9-18(20(23)24)21-12(13)2/h3,5-10H,4H2,1-2H3,(H,23,24). The Bertz CT molecular complexity index is 1040. The van der Waals surface area contributed by atoms with Crippen molar-refractivity contribution >= 4 is 22.9 Å². The molecule has 2 heterocycles. The second kappa shape index (κ2) is 5.27. The van der Waals surface area contributed by atoms with Crippen molar-refractivity contribution in [1.29, 1.82) is 0 Å². The van der Waals surface area contributed by atoms with Gasteiger partial charge in [0, 0.05) is 22.2 Å². The molecule has 1 aliphatic rings. The summed E-state index contributed by atoms with van der Waals surface area (Å²) >= 11 is 0. The highest BCUT2D eigenvalue weighted by Crippen LogP contribution is 2.36. The minimum absolute atomic E-state index is 0.0554. The Labute approximate surface area is 139 Å². The molecular weight excluding hydrogens is 300 g/mol. The Morgan fingerprint density at radius 2 is 1.96 bits per heavy atom. The average Bonchev–Trinajstić information content (AvgIpc) is 3.04. The lowest BCUT2D eigenvalue weighted by molar-refractivity contribution is 0.0690. The summed E-state index contributed by atoms with van der Waals surface area (Å²) in [6, 6.07) is 9.63. The van der Waals surface area contributed by atoms with Crippen LogP contribution in [0.15, 0.2) is 36.4 Å². The van der Waals surface area contributed by atoms with Gasteiger partial charge in [0.2, 0.25) is 0 Å². The normalized spacial score (nSPS) is 12.6. The number of hydrogen-bond acceptors (Lipinski definition) is 3. The molecule has 24 heavy (non-hydrogen) atoms. The lowest BCUT2D eigenvalue weighted by atomic mass is 9.97. The maximum Gasteiger partial charge on any atom is 0.354 e. The Morgan fingerprint density at radius 3 is 2.71 bits per heavy atom. The molecule has 0 amide bonds. The lowest BCUT2D eigenvalue weighted by Gasteiger charge is -2.13. The topological polar surface area (TPSA) is 63.1 Å². The van der Waals surface area contributed by atoms with Crippen LogP contribution in [-0.4, -0.2) is 21.0 Å². The number of fused-ring (bicyclic) bond motifs is 3. The number of allylic oxidation sites excluding steroid dienone is 1.